The predicted molar refractivity (Wildman–Crippen MR) is 89.5 cm³/mol. The standard InChI is InChI=1S/C14H18N5O7P/c1-14(2)25-8-6(4-23-27(21)22)24-12(9(8)26-14)19-5-18(3)7-10(19)16-13(15)17-11(7)20/h5-6,8-9,12H,4H2,1-3H3,(H2-2,15,16,17,20,21,22)/p+2. The molecular formula is C14H20N5O7P+2. The molecular weight excluding hydrogens is 381 g/mol. The predicted octanol–water partition coefficient (Wildman–Crippen LogP) is -0.785. The minimum Gasteiger partial charge on any atom is -0.355 e. The highest BCUT2D eigenvalue weighted by Crippen LogP contribution is 2.42. The number of hydrogen-bond acceptors (Lipinski definition) is 8. The molecule has 0 bridgehead atoms. The summed E-state index contributed by atoms with van der Waals surface area (Å²) >= 11 is 0. The quantitative estimate of drug-likeness (QED) is 0.442. The van der Waals surface area contributed by atoms with Crippen LogP contribution >= 0.6 is 8.25 Å². The summed E-state index contributed by atoms with van der Waals surface area (Å²) in [4.78, 5) is 27.8. The van der Waals surface area contributed by atoms with Gasteiger partial charge in [0.2, 0.25) is 11.7 Å². The van der Waals surface area contributed by atoms with Crippen LogP contribution in [0, 0.1) is 0 Å². The van der Waals surface area contributed by atoms with Crippen LogP contribution in [-0.2, 0) is 30.3 Å². The minimum atomic E-state index is -2.77. The van der Waals surface area contributed by atoms with Gasteiger partial charge in [-0.1, -0.05) is 4.98 Å². The monoisotopic (exact) mass is 401 g/mol. The average Bonchev–Trinajstić information content (AvgIpc) is 3.14. The summed E-state index contributed by atoms with van der Waals surface area (Å²) < 4.78 is 36.9. The Morgan fingerprint density at radius 3 is 2.89 bits per heavy atom. The molecule has 13 heteroatoms. The number of nitrogens with one attached hydrogen (secondary N) is 1. The molecule has 2 aromatic rings. The van der Waals surface area contributed by atoms with Crippen molar-refractivity contribution in [3.63, 3.8) is 0 Å². The van der Waals surface area contributed by atoms with Gasteiger partial charge in [-0.2, -0.15) is 0 Å². The van der Waals surface area contributed by atoms with Gasteiger partial charge in [-0.25, -0.2) is 4.57 Å². The fourth-order valence-corrected chi connectivity index (χ4v) is 3.88. The molecule has 4 rings (SSSR count). The molecule has 0 radical (unpaired) electrons. The third kappa shape index (κ3) is 3.14. The van der Waals surface area contributed by atoms with E-state index in [0.29, 0.717) is 11.2 Å². The Bertz CT molecular complexity index is 973. The van der Waals surface area contributed by atoms with E-state index >= 15 is 0 Å². The lowest BCUT2D eigenvalue weighted by Gasteiger charge is -2.22. The third-order valence-electron chi connectivity index (χ3n) is 4.54. The first kappa shape index (κ1) is 18.4. The van der Waals surface area contributed by atoms with Gasteiger partial charge in [-0.3, -0.25) is 14.3 Å². The Morgan fingerprint density at radius 1 is 1.48 bits per heavy atom. The van der Waals surface area contributed by atoms with E-state index in [2.05, 4.69) is 9.97 Å². The van der Waals surface area contributed by atoms with Crippen molar-refractivity contribution >= 4 is 25.4 Å². The number of nitrogens with zero attached hydrogens (tertiary/aromatic N) is 3. The van der Waals surface area contributed by atoms with E-state index in [1.165, 1.54) is 0 Å². The smallest absolute Gasteiger partial charge is 0.355 e. The maximum absolute atomic E-state index is 12.2. The van der Waals surface area contributed by atoms with Gasteiger partial charge in [0.1, 0.15) is 24.9 Å². The van der Waals surface area contributed by atoms with Crippen LogP contribution in [0.5, 0.6) is 0 Å². The summed E-state index contributed by atoms with van der Waals surface area (Å²) in [5.41, 5.74) is 5.96. The second-order valence-corrected chi connectivity index (χ2v) is 7.65. The molecule has 2 aromatic heterocycles. The van der Waals surface area contributed by atoms with Crippen molar-refractivity contribution in [3.8, 4) is 0 Å². The lowest BCUT2D eigenvalue weighted by atomic mass is 10.1. The molecule has 0 spiro atoms. The van der Waals surface area contributed by atoms with Crippen LogP contribution in [0.3, 0.4) is 0 Å². The van der Waals surface area contributed by atoms with Crippen molar-refractivity contribution in [2.75, 3.05) is 12.3 Å². The highest BCUT2D eigenvalue weighted by molar-refractivity contribution is 7.32. The molecule has 5 atom stereocenters. The van der Waals surface area contributed by atoms with Crippen LogP contribution in [0.25, 0.3) is 11.2 Å². The number of nitrogens with two attached hydrogens (primary N) is 1. The van der Waals surface area contributed by atoms with Gasteiger partial charge in [-0.05, 0) is 13.8 Å². The molecule has 146 valence electrons. The number of nitrogen functional groups attached to an aromatic ring is 1. The van der Waals surface area contributed by atoms with Crippen molar-refractivity contribution < 1.29 is 32.8 Å². The summed E-state index contributed by atoms with van der Waals surface area (Å²) in [5.74, 6) is -0.894. The Morgan fingerprint density at radius 2 is 2.19 bits per heavy atom. The number of H-pyrrole nitrogens is 1. The topological polar surface area (TPSA) is 155 Å². The van der Waals surface area contributed by atoms with Gasteiger partial charge in [0.05, 0.1) is 7.05 Å². The number of aromatic amines is 1. The van der Waals surface area contributed by atoms with Gasteiger partial charge in [0, 0.05) is 4.57 Å². The van der Waals surface area contributed by atoms with E-state index in [4.69, 9.17) is 29.4 Å². The largest absolute Gasteiger partial charge is 0.694 e. The van der Waals surface area contributed by atoms with Crippen molar-refractivity contribution in [1.29, 1.82) is 0 Å². The van der Waals surface area contributed by atoms with E-state index in [9.17, 15) is 9.36 Å². The molecule has 4 N–H and O–H groups in total. The molecule has 0 saturated carbocycles. The maximum atomic E-state index is 12.2. The molecule has 2 fully saturated rings. The molecule has 12 nitrogen and oxygen atoms in total. The molecule has 2 aliphatic heterocycles. The van der Waals surface area contributed by atoms with Crippen LogP contribution in [0.2, 0.25) is 0 Å². The van der Waals surface area contributed by atoms with Crippen molar-refractivity contribution in [3.05, 3.63) is 16.7 Å². The first-order chi connectivity index (χ1) is 12.7. The molecule has 2 aliphatic rings. The third-order valence-corrected chi connectivity index (χ3v) is 4.91. The summed E-state index contributed by atoms with van der Waals surface area (Å²) in [6.45, 7) is 3.38. The maximum Gasteiger partial charge on any atom is 0.694 e. The number of hydrogen-bond donors (Lipinski definition) is 3. The number of rotatable bonds is 4. The number of fused-ring (bicyclic) bond motifs is 2. The van der Waals surface area contributed by atoms with Crippen LogP contribution in [-0.4, -0.2) is 50.1 Å². The number of imidazole rings is 1. The SMILES string of the molecule is Cn1c[n+](C2OC(CO[P+](=O)O)C3OC(C)(C)OC32)c2nc(N)[nH]c(=O)c21. The second-order valence-electron chi connectivity index (χ2n) is 6.92. The molecule has 0 aliphatic carbocycles. The van der Waals surface area contributed by atoms with Gasteiger partial charge in [0.15, 0.2) is 12.1 Å². The minimum absolute atomic E-state index is 0.0249. The van der Waals surface area contributed by atoms with Gasteiger partial charge >= 0.3 is 13.9 Å². The van der Waals surface area contributed by atoms with Gasteiger partial charge in [-0.15, -0.1) is 9.42 Å². The van der Waals surface area contributed by atoms with E-state index < -0.39 is 38.6 Å². The van der Waals surface area contributed by atoms with Crippen LogP contribution in [0.1, 0.15) is 20.1 Å². The van der Waals surface area contributed by atoms with E-state index in [1.807, 2.05) is 0 Å². The zero-order valence-corrected chi connectivity index (χ0v) is 15.8. The van der Waals surface area contributed by atoms with E-state index in [-0.39, 0.29) is 18.1 Å². The van der Waals surface area contributed by atoms with Crippen molar-refractivity contribution in [2.45, 2.75) is 44.2 Å². The normalized spacial score (nSPS) is 30.0. The molecule has 2 saturated heterocycles. The molecule has 0 aromatic carbocycles. The van der Waals surface area contributed by atoms with Gasteiger partial charge in [0.25, 0.3) is 11.5 Å². The summed E-state index contributed by atoms with van der Waals surface area (Å²) in [7, 11) is -1.07. The Kier molecular flexibility index (Phi) is 4.29. The fourth-order valence-electron chi connectivity index (χ4n) is 3.61. The van der Waals surface area contributed by atoms with E-state index in [1.54, 1.807) is 36.4 Å². The fraction of sp³-hybridized carbons (Fsp3) is 0.643. The lowest BCUT2D eigenvalue weighted by Crippen LogP contribution is -2.46. The highest BCUT2D eigenvalue weighted by Gasteiger charge is 2.58. The first-order valence-corrected chi connectivity index (χ1v) is 9.35. The second kappa shape index (κ2) is 6.30. The molecule has 4 heterocycles. The average molecular weight is 401 g/mol. The van der Waals surface area contributed by atoms with Crippen LogP contribution < -0.4 is 15.9 Å². The van der Waals surface area contributed by atoms with E-state index in [0.717, 1.165) is 0 Å². The van der Waals surface area contributed by atoms with Crippen LogP contribution in [0.15, 0.2) is 11.1 Å². The summed E-state index contributed by atoms with van der Waals surface area (Å²) in [5, 5.41) is 0. The number of aryl methyl sites for hydroxylation is 1. The zero-order chi connectivity index (χ0) is 19.5. The highest BCUT2D eigenvalue weighted by atomic mass is 31.1. The Labute approximate surface area is 153 Å². The zero-order valence-electron chi connectivity index (χ0n) is 14.9. The lowest BCUT2D eigenvalue weighted by molar-refractivity contribution is -0.746. The molecule has 27 heavy (non-hydrogen) atoms. The number of ether oxygens (including phenoxy) is 3. The summed E-state index contributed by atoms with van der Waals surface area (Å²) in [6, 6.07) is 0. The first-order valence-electron chi connectivity index (χ1n) is 8.22. The Balaban J connectivity index is 1.76. The van der Waals surface area contributed by atoms with Gasteiger partial charge < -0.3 is 19.9 Å². The summed E-state index contributed by atoms with van der Waals surface area (Å²) in [6.07, 6.45) is -0.752. The number of aromatic nitrogens is 4. The van der Waals surface area contributed by atoms with Crippen molar-refractivity contribution in [2.24, 2.45) is 7.05 Å². The molecule has 0 amide bonds. The number of anilines is 1. The Hall–Kier alpha value is -1.95. The van der Waals surface area contributed by atoms with Crippen molar-refractivity contribution in [1.82, 2.24) is 14.5 Å². The molecule has 5 unspecified atom stereocenters. The van der Waals surface area contributed by atoms with Crippen LogP contribution in [0.4, 0.5) is 5.95 Å².